The summed E-state index contributed by atoms with van der Waals surface area (Å²) in [5.41, 5.74) is 3.37. The van der Waals surface area contributed by atoms with Crippen molar-refractivity contribution >= 4 is 62.3 Å². The van der Waals surface area contributed by atoms with Crippen LogP contribution in [0.4, 0.5) is 0 Å². The average Bonchev–Trinajstić information content (AvgIpc) is 3.92. The van der Waals surface area contributed by atoms with Gasteiger partial charge < -0.3 is 40.2 Å². The number of thiazole rings is 2. The fourth-order valence-electron chi connectivity index (χ4n) is 5.42. The van der Waals surface area contributed by atoms with Gasteiger partial charge in [0.25, 0.3) is 0 Å². The van der Waals surface area contributed by atoms with Gasteiger partial charge >= 0.3 is 37.7 Å². The number of carbonyl (C=O) groups excluding carboxylic acids is 4. The monoisotopic (exact) mass is 882 g/mol. The van der Waals surface area contributed by atoms with Gasteiger partial charge in [0.15, 0.2) is 28.0 Å². The van der Waals surface area contributed by atoms with Crippen LogP contribution in [0.1, 0.15) is 65.5 Å². The van der Waals surface area contributed by atoms with Crippen LogP contribution < -0.4 is 68.4 Å². The number of carboxylic acid groups (broad SMARTS) is 2. The van der Waals surface area contributed by atoms with E-state index >= 15 is 0 Å². The van der Waals surface area contributed by atoms with Crippen LogP contribution >= 0.6 is 38.6 Å². The molecule has 2 amide bonds. The molecule has 20 heteroatoms. The maximum absolute atomic E-state index is 12.6. The Morgan fingerprint density at radius 3 is 1.22 bits per heavy atom. The Morgan fingerprint density at radius 1 is 0.633 bits per heavy atom. The minimum atomic E-state index is -1.85. The second-order valence-electron chi connectivity index (χ2n) is 14.0. The summed E-state index contributed by atoms with van der Waals surface area (Å²) < 4.78 is 8.21. The molecule has 0 bridgehead atoms. The second kappa shape index (κ2) is 28.5. The summed E-state index contributed by atoms with van der Waals surface area (Å²) in [7, 11) is -3.70. The molecule has 0 fully saturated rings. The molecule has 14 nitrogen and oxygen atoms in total. The van der Waals surface area contributed by atoms with E-state index < -0.39 is 63.8 Å². The number of amides is 2. The Labute approximate surface area is 386 Å². The zero-order valence-electron chi connectivity index (χ0n) is 35.4. The number of hydrogen-bond acceptors (Lipinski definition) is 14. The van der Waals surface area contributed by atoms with E-state index in [9.17, 15) is 39.2 Å². The predicted octanol–water partition coefficient (Wildman–Crippen LogP) is -2.07. The molecule has 6 atom stereocenters. The molecule has 2 aromatic carbocycles. The molecule has 60 heavy (non-hydrogen) atoms. The zero-order chi connectivity index (χ0) is 42.8. The predicted molar refractivity (Wildman–Crippen MR) is 223 cm³/mol. The van der Waals surface area contributed by atoms with Gasteiger partial charge in [-0.3, -0.25) is 9.59 Å². The van der Waals surface area contributed by atoms with E-state index in [1.165, 1.54) is 22.7 Å². The molecule has 2 aromatic heterocycles. The van der Waals surface area contributed by atoms with Crippen molar-refractivity contribution in [3.05, 3.63) is 82.8 Å². The molecule has 2 heterocycles. The molecule has 2 N–H and O–H groups in total. The third-order valence-electron chi connectivity index (χ3n) is 8.48. The minimum absolute atomic E-state index is 0. The van der Waals surface area contributed by atoms with E-state index in [1.54, 1.807) is 64.4 Å². The first-order valence-electron chi connectivity index (χ1n) is 18.9. The van der Waals surface area contributed by atoms with Crippen molar-refractivity contribution in [2.24, 2.45) is 21.3 Å². The first-order valence-corrected chi connectivity index (χ1v) is 23.5. The van der Waals surface area contributed by atoms with Gasteiger partial charge in [0.05, 0.1) is 24.0 Å². The fraction of sp³-hybridized carbons (Fsp3) is 0.450. The van der Waals surface area contributed by atoms with Crippen LogP contribution in [0, 0.1) is 11.8 Å². The van der Waals surface area contributed by atoms with Crippen LogP contribution in [0.15, 0.2) is 81.2 Å². The summed E-state index contributed by atoms with van der Waals surface area (Å²) in [5.74, 6) is -4.25. The number of aromatic nitrogens is 2. The third kappa shape index (κ3) is 18.5. The molecule has 0 radical (unpaired) electrons. The summed E-state index contributed by atoms with van der Waals surface area (Å²) in [6.45, 7) is 10.9. The molecule has 0 aliphatic carbocycles. The molecule has 4 aromatic rings. The number of hydrogen-bond donors (Lipinski definition) is 2. The van der Waals surface area contributed by atoms with Crippen molar-refractivity contribution < 1.29 is 76.9 Å². The number of rotatable bonds is 20. The van der Waals surface area contributed by atoms with Gasteiger partial charge in [-0.05, 0) is 48.6 Å². The summed E-state index contributed by atoms with van der Waals surface area (Å²) in [6, 6.07) is 10.6. The average molecular weight is 883 g/mol. The molecule has 2 unspecified atom stereocenters. The Balaban J connectivity index is 0.000000581. The molecular weight excluding hydrogens is 832 g/mol. The third-order valence-corrected chi connectivity index (χ3v) is 12.8. The first kappa shape index (κ1) is 54.9. The molecule has 0 aliphatic heterocycles. The minimum Gasteiger partial charge on any atom is -0.612 e. The number of benzene rings is 2. The van der Waals surface area contributed by atoms with Gasteiger partial charge in [0, 0.05) is 34.3 Å². The molecule has 4 rings (SSSR count). The largest absolute Gasteiger partial charge is 1.00 e. The zero-order valence-corrected chi connectivity index (χ0v) is 38.8. The quantitative estimate of drug-likeness (QED) is 0.0728. The van der Waals surface area contributed by atoms with Crippen molar-refractivity contribution in [3.63, 3.8) is 0 Å². The van der Waals surface area contributed by atoms with Gasteiger partial charge in [-0.1, -0.05) is 90.1 Å². The van der Waals surface area contributed by atoms with Crippen LogP contribution in [0.3, 0.4) is 0 Å². The maximum atomic E-state index is 12.6. The van der Waals surface area contributed by atoms with Crippen molar-refractivity contribution in [1.82, 2.24) is 20.6 Å². The van der Waals surface area contributed by atoms with Crippen molar-refractivity contribution in [2.45, 2.75) is 91.4 Å². The number of nitrogens with one attached hydrogen (secondary N) is 2. The molecule has 0 saturated carbocycles. The normalized spacial score (nSPS) is 13.4. The molecular formula is C40H50Li2N6O8P2S2. The van der Waals surface area contributed by atoms with Crippen molar-refractivity contribution in [2.75, 3.05) is 12.3 Å². The summed E-state index contributed by atoms with van der Waals surface area (Å²) in [6.07, 6.45) is 5.81. The standard InChI is InChI=1S/2C20H26N3O4PS.2Li/c2*1-4-10-28(27)23-17(13(2)3)18(24)22-16(20(25)26)12-14-5-7-15(8-6-14)19-21-9-11-29-19;;/h2*5-9,11,13,16-17H,4,10,12H2,1-3H3,(H,22,24)(H,25,26);;/q;;2*+1/p-2/t2*16-,17-;;/m00../s1. The van der Waals surface area contributed by atoms with Crippen LogP contribution in [-0.4, -0.2) is 70.2 Å². The summed E-state index contributed by atoms with van der Waals surface area (Å²) in [5, 5.41) is 33.7. The Bertz CT molecular complexity index is 1830. The number of aliphatic carboxylic acids is 2. The maximum Gasteiger partial charge on any atom is 1.00 e. The van der Waals surface area contributed by atoms with Crippen LogP contribution in [0.2, 0.25) is 0 Å². The van der Waals surface area contributed by atoms with Gasteiger partial charge in [-0.25, -0.2) is 9.97 Å². The van der Waals surface area contributed by atoms with E-state index in [0.29, 0.717) is 25.2 Å². The Kier molecular flexibility index (Phi) is 26.1. The Hall–Kier alpha value is -3.11. The molecule has 312 valence electrons. The van der Waals surface area contributed by atoms with Crippen LogP contribution in [-0.2, 0) is 32.0 Å². The van der Waals surface area contributed by atoms with Gasteiger partial charge in [0.1, 0.15) is 22.3 Å². The van der Waals surface area contributed by atoms with E-state index in [1.807, 2.05) is 48.9 Å². The Morgan fingerprint density at radius 2 is 0.967 bits per heavy atom. The molecule has 0 spiro atoms. The van der Waals surface area contributed by atoms with Gasteiger partial charge in [0.2, 0.25) is 11.8 Å². The second-order valence-corrected chi connectivity index (χ2v) is 18.6. The van der Waals surface area contributed by atoms with Gasteiger partial charge in [-0.2, -0.15) is 0 Å². The number of carboxylic acids is 2. The summed E-state index contributed by atoms with van der Waals surface area (Å²) >= 11 is 3.03. The smallest absolute Gasteiger partial charge is 0.612 e. The van der Waals surface area contributed by atoms with Crippen molar-refractivity contribution in [1.29, 1.82) is 0 Å². The SMILES string of the molecule is CCC[P+]([O-])=N[C@H](C(=O)N[C@@H](Cc1ccc(-c2nccs2)cc1)C(=O)[O-])C(C)C.CCC[P+]([O-])=N[C@H](C(=O)N[C@@H](Cc1ccc(-c2nccs2)cc1)C(=O)[O-])C(C)C.[Li+].[Li+]. The van der Waals surface area contributed by atoms with Crippen LogP contribution in [0.5, 0.6) is 0 Å². The van der Waals surface area contributed by atoms with Crippen molar-refractivity contribution in [3.8, 4) is 21.1 Å². The van der Waals surface area contributed by atoms with Gasteiger partial charge in [-0.15, -0.1) is 32.2 Å². The summed E-state index contributed by atoms with van der Waals surface area (Å²) in [4.78, 5) is 80.8. The molecule has 0 aliphatic rings. The fourth-order valence-corrected chi connectivity index (χ4v) is 9.01. The number of carbonyl (C=O) groups is 4. The van der Waals surface area contributed by atoms with E-state index in [2.05, 4.69) is 30.1 Å². The molecule has 0 saturated heterocycles. The van der Waals surface area contributed by atoms with E-state index in [0.717, 1.165) is 32.3 Å². The first-order chi connectivity index (χ1) is 27.6. The van der Waals surface area contributed by atoms with Crippen LogP contribution in [0.25, 0.3) is 21.1 Å². The topological polar surface area (TPSA) is 235 Å². The van der Waals surface area contributed by atoms with E-state index in [4.69, 9.17) is 0 Å². The number of nitrogens with zero attached hydrogens (tertiary/aromatic N) is 4. The van der Waals surface area contributed by atoms with E-state index in [-0.39, 0.29) is 62.4 Å².